The van der Waals surface area contributed by atoms with Gasteiger partial charge in [0.2, 0.25) is 0 Å². The molecule has 2 rings (SSSR count). The molecule has 0 amide bonds. The molecule has 0 bridgehead atoms. The number of nitrogens with zero attached hydrogens (tertiary/aromatic N) is 2. The van der Waals surface area contributed by atoms with E-state index in [0.717, 1.165) is 0 Å². The van der Waals surface area contributed by atoms with Crippen LogP contribution in [-0.2, 0) is 10.0 Å². The van der Waals surface area contributed by atoms with Gasteiger partial charge in [-0.1, -0.05) is 6.07 Å². The first-order valence-corrected chi connectivity index (χ1v) is 7.72. The molecule has 8 heteroatoms. The van der Waals surface area contributed by atoms with E-state index in [9.17, 15) is 8.42 Å². The third-order valence-corrected chi connectivity index (χ3v) is 3.86. The molecule has 1 aromatic heterocycles. The van der Waals surface area contributed by atoms with Crippen LogP contribution >= 0.6 is 0 Å². The predicted molar refractivity (Wildman–Crippen MR) is 76.2 cm³/mol. The summed E-state index contributed by atoms with van der Waals surface area (Å²) in [4.78, 5) is 0. The molecule has 0 spiro atoms. The fraction of sp³-hybridized carbons (Fsp3) is 0.231. The second-order valence-electron chi connectivity index (χ2n) is 4.16. The number of aromatic nitrogens is 2. The smallest absolute Gasteiger partial charge is 0.278 e. The zero-order valence-corrected chi connectivity index (χ0v) is 11.9. The summed E-state index contributed by atoms with van der Waals surface area (Å²) >= 11 is 0. The summed E-state index contributed by atoms with van der Waals surface area (Å²) in [7, 11) is -3.68. The Kier molecular flexibility index (Phi) is 4.79. The van der Waals surface area contributed by atoms with Gasteiger partial charge in [-0.3, -0.25) is 9.82 Å². The van der Waals surface area contributed by atoms with Crippen LogP contribution in [0, 0.1) is 11.3 Å². The van der Waals surface area contributed by atoms with E-state index >= 15 is 0 Å². The highest BCUT2D eigenvalue weighted by molar-refractivity contribution is 7.92. The summed E-state index contributed by atoms with van der Waals surface area (Å²) in [6.07, 6.45) is 2.41. The topological polar surface area (TPSA) is 108 Å². The average molecular weight is 306 g/mol. The quantitative estimate of drug-likeness (QED) is 0.759. The molecule has 0 unspecified atom stereocenters. The number of nitriles is 1. The van der Waals surface area contributed by atoms with Crippen LogP contribution in [0.5, 0.6) is 5.75 Å². The van der Waals surface area contributed by atoms with Gasteiger partial charge in [-0.15, -0.1) is 0 Å². The first-order chi connectivity index (χ1) is 10.1. The SMILES string of the molecule is N#CCCCOc1cccc(NS(=O)(=O)c2ccn[nH]2)c1. The Morgan fingerprint density at radius 2 is 2.24 bits per heavy atom. The highest BCUT2D eigenvalue weighted by atomic mass is 32.2. The van der Waals surface area contributed by atoms with Gasteiger partial charge in [0.05, 0.1) is 24.6 Å². The first-order valence-electron chi connectivity index (χ1n) is 6.24. The average Bonchev–Trinajstić information content (AvgIpc) is 2.99. The third-order valence-electron chi connectivity index (χ3n) is 2.55. The van der Waals surface area contributed by atoms with Gasteiger partial charge in [0.15, 0.2) is 5.03 Å². The van der Waals surface area contributed by atoms with Gasteiger partial charge in [0.1, 0.15) is 5.75 Å². The lowest BCUT2D eigenvalue weighted by Crippen LogP contribution is -2.13. The van der Waals surface area contributed by atoms with Gasteiger partial charge in [-0.2, -0.15) is 18.8 Å². The number of hydrogen-bond donors (Lipinski definition) is 2. The van der Waals surface area contributed by atoms with Crippen LogP contribution in [0.25, 0.3) is 0 Å². The second kappa shape index (κ2) is 6.76. The van der Waals surface area contributed by atoms with E-state index in [0.29, 0.717) is 30.9 Å². The van der Waals surface area contributed by atoms with Crippen molar-refractivity contribution in [3.8, 4) is 11.8 Å². The predicted octanol–water partition coefficient (Wildman–Crippen LogP) is 1.89. The number of sulfonamides is 1. The molecule has 1 heterocycles. The molecular weight excluding hydrogens is 292 g/mol. The number of H-pyrrole nitrogens is 1. The fourth-order valence-corrected chi connectivity index (χ4v) is 2.55. The van der Waals surface area contributed by atoms with Crippen molar-refractivity contribution in [1.82, 2.24) is 10.2 Å². The molecule has 0 fully saturated rings. The molecule has 0 aliphatic carbocycles. The van der Waals surface area contributed by atoms with Crippen molar-refractivity contribution in [2.75, 3.05) is 11.3 Å². The number of hydrogen-bond acceptors (Lipinski definition) is 5. The van der Waals surface area contributed by atoms with Gasteiger partial charge in [-0.25, -0.2) is 0 Å². The van der Waals surface area contributed by atoms with Crippen molar-refractivity contribution in [3.05, 3.63) is 36.5 Å². The molecule has 0 saturated carbocycles. The van der Waals surface area contributed by atoms with Crippen molar-refractivity contribution in [1.29, 1.82) is 5.26 Å². The van der Waals surface area contributed by atoms with Crippen molar-refractivity contribution < 1.29 is 13.2 Å². The van der Waals surface area contributed by atoms with E-state index in [4.69, 9.17) is 10.00 Å². The lowest BCUT2D eigenvalue weighted by atomic mass is 10.3. The van der Waals surface area contributed by atoms with E-state index in [-0.39, 0.29) is 5.03 Å². The highest BCUT2D eigenvalue weighted by Gasteiger charge is 2.15. The zero-order chi connectivity index (χ0) is 15.1. The van der Waals surface area contributed by atoms with Crippen molar-refractivity contribution in [3.63, 3.8) is 0 Å². The molecule has 0 aliphatic heterocycles. The number of nitrogens with one attached hydrogen (secondary N) is 2. The van der Waals surface area contributed by atoms with Crippen molar-refractivity contribution in [2.45, 2.75) is 17.9 Å². The Bertz CT molecular complexity index is 720. The Morgan fingerprint density at radius 3 is 2.95 bits per heavy atom. The maximum Gasteiger partial charge on any atom is 0.278 e. The fourth-order valence-electron chi connectivity index (χ4n) is 1.59. The van der Waals surface area contributed by atoms with E-state index in [1.165, 1.54) is 12.3 Å². The molecule has 0 aliphatic rings. The molecule has 1 aromatic carbocycles. The lowest BCUT2D eigenvalue weighted by molar-refractivity contribution is 0.313. The number of aromatic amines is 1. The van der Waals surface area contributed by atoms with Crippen LogP contribution in [0.3, 0.4) is 0 Å². The first kappa shape index (κ1) is 14.9. The van der Waals surface area contributed by atoms with Gasteiger partial charge in [0.25, 0.3) is 10.0 Å². The van der Waals surface area contributed by atoms with Crippen LogP contribution < -0.4 is 9.46 Å². The van der Waals surface area contributed by atoms with E-state index in [1.54, 1.807) is 24.3 Å². The summed E-state index contributed by atoms with van der Waals surface area (Å²) in [6, 6.07) is 10.0. The largest absolute Gasteiger partial charge is 0.493 e. The Hall–Kier alpha value is -2.53. The maximum atomic E-state index is 12.0. The third kappa shape index (κ3) is 4.22. The molecular formula is C13H14N4O3S. The Morgan fingerprint density at radius 1 is 1.38 bits per heavy atom. The van der Waals surface area contributed by atoms with Crippen LogP contribution in [0.15, 0.2) is 41.6 Å². The Labute approximate surface area is 122 Å². The number of unbranched alkanes of at least 4 members (excludes halogenated alkanes) is 1. The van der Waals surface area contributed by atoms with Gasteiger partial charge >= 0.3 is 0 Å². The molecule has 2 N–H and O–H groups in total. The van der Waals surface area contributed by atoms with Gasteiger partial charge < -0.3 is 4.74 Å². The maximum absolute atomic E-state index is 12.0. The van der Waals surface area contributed by atoms with Crippen LogP contribution in [-0.4, -0.2) is 25.2 Å². The van der Waals surface area contributed by atoms with Gasteiger partial charge in [0, 0.05) is 12.5 Å². The summed E-state index contributed by atoms with van der Waals surface area (Å²) in [6.45, 7) is 0.407. The van der Waals surface area contributed by atoms with Crippen molar-refractivity contribution in [2.24, 2.45) is 0 Å². The molecule has 21 heavy (non-hydrogen) atoms. The molecule has 2 aromatic rings. The van der Waals surface area contributed by atoms with E-state index in [1.807, 2.05) is 6.07 Å². The molecule has 110 valence electrons. The summed E-state index contributed by atoms with van der Waals surface area (Å²) in [5, 5.41) is 14.4. The molecule has 0 saturated heterocycles. The van der Waals surface area contributed by atoms with Crippen LogP contribution in [0.1, 0.15) is 12.8 Å². The normalized spacial score (nSPS) is 10.8. The minimum atomic E-state index is -3.68. The number of benzene rings is 1. The lowest BCUT2D eigenvalue weighted by Gasteiger charge is -2.09. The second-order valence-corrected chi connectivity index (χ2v) is 5.82. The van der Waals surface area contributed by atoms with Crippen LogP contribution in [0.2, 0.25) is 0 Å². The van der Waals surface area contributed by atoms with E-state index < -0.39 is 10.0 Å². The molecule has 0 radical (unpaired) electrons. The standard InChI is InChI=1S/C13H14N4O3S/c14-7-1-2-9-20-12-5-3-4-11(10-12)17-21(18,19)13-6-8-15-16-13/h3-6,8,10,17H,1-2,9H2,(H,15,16). The molecule has 0 atom stereocenters. The monoisotopic (exact) mass is 306 g/mol. The minimum absolute atomic E-state index is 0.0113. The summed E-state index contributed by atoms with van der Waals surface area (Å²) in [5.41, 5.74) is 0.391. The van der Waals surface area contributed by atoms with E-state index in [2.05, 4.69) is 14.9 Å². The number of rotatable bonds is 7. The zero-order valence-electron chi connectivity index (χ0n) is 11.1. The summed E-state index contributed by atoms with van der Waals surface area (Å²) < 4.78 is 31.9. The van der Waals surface area contributed by atoms with Crippen molar-refractivity contribution >= 4 is 15.7 Å². The highest BCUT2D eigenvalue weighted by Crippen LogP contribution is 2.20. The molecule has 7 nitrogen and oxygen atoms in total. The van der Waals surface area contributed by atoms with Gasteiger partial charge in [-0.05, 0) is 24.6 Å². The minimum Gasteiger partial charge on any atom is -0.493 e. The summed E-state index contributed by atoms with van der Waals surface area (Å²) in [5.74, 6) is 0.540. The Balaban J connectivity index is 2.03. The van der Waals surface area contributed by atoms with Crippen LogP contribution in [0.4, 0.5) is 5.69 Å². The number of anilines is 1. The number of ether oxygens (including phenoxy) is 1.